The standard InChI is InChI=1S/C17H26NO6/c1-10-14(19)24-12-6-8-18(4)7-5-11(13(12)18)9-23-15(20)17(3,22)16(10,2)21/h5,10,12-13,21-22H,6-9H2,1-4H3/q+1/t10-,12-,13+,16-,17+,18?/m0/s1. The molecule has 0 amide bonds. The van der Waals surface area contributed by atoms with Crippen molar-refractivity contribution in [1.29, 1.82) is 0 Å². The number of hydrogen-bond acceptors (Lipinski definition) is 6. The van der Waals surface area contributed by atoms with Crippen LogP contribution in [0.2, 0.25) is 0 Å². The molecule has 3 aliphatic heterocycles. The lowest BCUT2D eigenvalue weighted by atomic mass is 9.76. The monoisotopic (exact) mass is 340 g/mol. The molecule has 134 valence electrons. The Morgan fingerprint density at radius 1 is 1.29 bits per heavy atom. The molecule has 0 aromatic carbocycles. The number of cyclic esters (lactones) is 1. The second-order valence-electron chi connectivity index (χ2n) is 7.89. The van der Waals surface area contributed by atoms with Crippen LogP contribution in [-0.2, 0) is 19.1 Å². The van der Waals surface area contributed by atoms with Crippen molar-refractivity contribution < 1.29 is 33.8 Å². The van der Waals surface area contributed by atoms with Gasteiger partial charge in [-0.1, -0.05) is 0 Å². The Bertz CT molecular complexity index is 610. The summed E-state index contributed by atoms with van der Waals surface area (Å²) in [7, 11) is 2.10. The highest BCUT2D eigenvalue weighted by molar-refractivity contribution is 5.83. The second-order valence-corrected chi connectivity index (χ2v) is 7.89. The lowest BCUT2D eigenvalue weighted by Gasteiger charge is -2.39. The molecule has 2 N–H and O–H groups in total. The molecule has 0 aliphatic carbocycles. The lowest BCUT2D eigenvalue weighted by molar-refractivity contribution is -0.906. The molecule has 3 heterocycles. The number of carbonyl (C=O) groups is 2. The van der Waals surface area contributed by atoms with E-state index < -0.39 is 29.1 Å². The fourth-order valence-corrected chi connectivity index (χ4v) is 4.08. The summed E-state index contributed by atoms with van der Waals surface area (Å²) in [6.45, 7) is 5.59. The van der Waals surface area contributed by atoms with E-state index in [4.69, 9.17) is 9.47 Å². The molecule has 6 atom stereocenters. The van der Waals surface area contributed by atoms with E-state index in [1.54, 1.807) is 0 Å². The largest absolute Gasteiger partial charge is 0.459 e. The first kappa shape index (κ1) is 17.4. The summed E-state index contributed by atoms with van der Waals surface area (Å²) in [5.41, 5.74) is -3.32. The molecule has 0 aromatic rings. The van der Waals surface area contributed by atoms with Gasteiger partial charge in [0.15, 0.2) is 17.7 Å². The number of quaternary nitrogens is 1. The van der Waals surface area contributed by atoms with Gasteiger partial charge in [-0.3, -0.25) is 4.79 Å². The third-order valence-electron chi connectivity index (χ3n) is 6.32. The van der Waals surface area contributed by atoms with Crippen molar-refractivity contribution in [3.63, 3.8) is 0 Å². The van der Waals surface area contributed by atoms with Crippen LogP contribution >= 0.6 is 0 Å². The molecule has 7 heteroatoms. The number of rotatable bonds is 0. The molecule has 0 radical (unpaired) electrons. The number of likely N-dealkylation sites (N-methyl/N-ethyl adjacent to an activating group) is 1. The van der Waals surface area contributed by atoms with E-state index >= 15 is 0 Å². The predicted octanol–water partition coefficient (Wildman–Crippen LogP) is -0.248. The molecule has 7 nitrogen and oxygen atoms in total. The minimum atomic E-state index is -2.22. The zero-order valence-electron chi connectivity index (χ0n) is 14.6. The molecule has 2 fully saturated rings. The molecule has 24 heavy (non-hydrogen) atoms. The Morgan fingerprint density at radius 2 is 1.96 bits per heavy atom. The second kappa shape index (κ2) is 5.28. The first-order valence-electron chi connectivity index (χ1n) is 8.36. The SMILES string of the molecule is C[C@H]1C(=O)O[C@H]2CC[N+]3(C)CC=C(COC(=O)[C@@](C)(O)[C@@]1(C)O)[C@H]23. The maximum absolute atomic E-state index is 12.6. The van der Waals surface area contributed by atoms with Gasteiger partial charge in [0.2, 0.25) is 0 Å². The zero-order valence-corrected chi connectivity index (χ0v) is 14.6. The molecule has 0 saturated carbocycles. The van der Waals surface area contributed by atoms with Crippen LogP contribution < -0.4 is 0 Å². The Morgan fingerprint density at radius 3 is 2.62 bits per heavy atom. The summed E-state index contributed by atoms with van der Waals surface area (Å²) >= 11 is 0. The Kier molecular flexibility index (Phi) is 3.82. The van der Waals surface area contributed by atoms with Crippen molar-refractivity contribution in [3.05, 3.63) is 11.6 Å². The highest BCUT2D eigenvalue weighted by Gasteiger charge is 2.58. The van der Waals surface area contributed by atoms with Crippen LogP contribution in [0.25, 0.3) is 0 Å². The third kappa shape index (κ3) is 2.29. The Labute approximate surface area is 141 Å². The average molecular weight is 340 g/mol. The van der Waals surface area contributed by atoms with Gasteiger partial charge in [0.25, 0.3) is 0 Å². The van der Waals surface area contributed by atoms with Crippen LogP contribution in [0.3, 0.4) is 0 Å². The highest BCUT2D eigenvalue weighted by atomic mass is 16.6. The minimum Gasteiger partial charge on any atom is -0.459 e. The number of esters is 2. The predicted molar refractivity (Wildman–Crippen MR) is 83.7 cm³/mol. The fraction of sp³-hybridized carbons (Fsp3) is 0.765. The number of carbonyl (C=O) groups excluding carboxylic acids is 2. The van der Waals surface area contributed by atoms with E-state index in [1.165, 1.54) is 20.8 Å². The highest BCUT2D eigenvalue weighted by Crippen LogP contribution is 2.39. The van der Waals surface area contributed by atoms with E-state index in [-0.39, 0.29) is 18.8 Å². The summed E-state index contributed by atoms with van der Waals surface area (Å²) < 4.78 is 11.7. The van der Waals surface area contributed by atoms with Crippen LogP contribution in [-0.4, -0.2) is 76.7 Å². The molecule has 0 bridgehead atoms. The van der Waals surface area contributed by atoms with Gasteiger partial charge in [-0.2, -0.15) is 0 Å². The van der Waals surface area contributed by atoms with E-state index in [0.29, 0.717) is 0 Å². The molecule has 0 aromatic heterocycles. The van der Waals surface area contributed by atoms with Gasteiger partial charge >= 0.3 is 11.9 Å². The first-order chi connectivity index (χ1) is 11.0. The van der Waals surface area contributed by atoms with Crippen molar-refractivity contribution in [2.24, 2.45) is 5.92 Å². The molecule has 1 unspecified atom stereocenters. The summed E-state index contributed by atoms with van der Waals surface area (Å²) in [6, 6.07) is -0.0399. The van der Waals surface area contributed by atoms with Crippen molar-refractivity contribution in [2.75, 3.05) is 26.7 Å². The average Bonchev–Trinajstić information content (AvgIpc) is 2.99. The van der Waals surface area contributed by atoms with Gasteiger partial charge in [0, 0.05) is 12.0 Å². The van der Waals surface area contributed by atoms with E-state index in [2.05, 4.69) is 7.05 Å². The number of aliphatic hydroxyl groups is 2. The number of hydrogen-bond donors (Lipinski definition) is 2. The van der Waals surface area contributed by atoms with Gasteiger partial charge in [0.1, 0.15) is 12.2 Å². The van der Waals surface area contributed by atoms with E-state index in [9.17, 15) is 19.8 Å². The first-order valence-corrected chi connectivity index (χ1v) is 8.36. The van der Waals surface area contributed by atoms with Crippen molar-refractivity contribution >= 4 is 11.9 Å². The number of ether oxygens (including phenoxy) is 2. The quantitative estimate of drug-likeness (QED) is 0.359. The normalized spacial score (nSPS) is 48.9. The molecule has 0 spiro atoms. The Hall–Kier alpha value is -1.44. The zero-order chi connectivity index (χ0) is 17.9. The van der Waals surface area contributed by atoms with Gasteiger partial charge in [-0.05, 0) is 26.8 Å². The van der Waals surface area contributed by atoms with Gasteiger partial charge in [0.05, 0.1) is 26.1 Å². The Balaban J connectivity index is 1.99. The summed E-state index contributed by atoms with van der Waals surface area (Å²) in [5.74, 6) is -2.63. The van der Waals surface area contributed by atoms with E-state index in [0.717, 1.165) is 29.6 Å². The third-order valence-corrected chi connectivity index (χ3v) is 6.32. The van der Waals surface area contributed by atoms with Gasteiger partial charge in [-0.25, -0.2) is 4.79 Å². The summed E-state index contributed by atoms with van der Waals surface area (Å²) in [5, 5.41) is 21.2. The molecule has 3 aliphatic rings. The molecular weight excluding hydrogens is 314 g/mol. The number of nitrogens with zero attached hydrogens (tertiary/aromatic N) is 1. The van der Waals surface area contributed by atoms with Crippen LogP contribution in [0.4, 0.5) is 0 Å². The maximum atomic E-state index is 12.6. The minimum absolute atomic E-state index is 0.0337. The van der Waals surface area contributed by atoms with Crippen molar-refractivity contribution in [2.45, 2.75) is 50.5 Å². The fourth-order valence-electron chi connectivity index (χ4n) is 4.08. The van der Waals surface area contributed by atoms with Gasteiger partial charge in [-0.15, -0.1) is 0 Å². The van der Waals surface area contributed by atoms with Crippen LogP contribution in [0, 0.1) is 5.92 Å². The lowest BCUT2D eigenvalue weighted by Crippen LogP contribution is -2.61. The van der Waals surface area contributed by atoms with Crippen LogP contribution in [0.5, 0.6) is 0 Å². The summed E-state index contributed by atoms with van der Waals surface area (Å²) in [6.07, 6.45) is 2.44. The van der Waals surface area contributed by atoms with Crippen molar-refractivity contribution in [3.8, 4) is 0 Å². The maximum Gasteiger partial charge on any atom is 0.341 e. The van der Waals surface area contributed by atoms with Crippen LogP contribution in [0.15, 0.2) is 11.6 Å². The molecule has 3 rings (SSSR count). The van der Waals surface area contributed by atoms with Crippen LogP contribution in [0.1, 0.15) is 27.2 Å². The topological polar surface area (TPSA) is 93.1 Å². The smallest absolute Gasteiger partial charge is 0.341 e. The molecule has 2 saturated heterocycles. The van der Waals surface area contributed by atoms with Crippen molar-refractivity contribution in [1.82, 2.24) is 0 Å². The van der Waals surface area contributed by atoms with E-state index in [1.807, 2.05) is 6.08 Å². The summed E-state index contributed by atoms with van der Waals surface area (Å²) in [4.78, 5) is 24.9. The van der Waals surface area contributed by atoms with Gasteiger partial charge < -0.3 is 24.2 Å². The molecular formula is C17H26NO6+.